The molecule has 1 N–H and O–H groups in total. The summed E-state index contributed by atoms with van der Waals surface area (Å²) in [6.45, 7) is 4.80. The summed E-state index contributed by atoms with van der Waals surface area (Å²) in [4.78, 5) is 12.7. The van der Waals surface area contributed by atoms with E-state index in [1.165, 1.54) is 25.3 Å². The Kier molecular flexibility index (Phi) is 8.93. The van der Waals surface area contributed by atoms with E-state index in [1.807, 2.05) is 13.8 Å². The van der Waals surface area contributed by atoms with Gasteiger partial charge in [-0.2, -0.15) is 13.2 Å². The molecule has 0 aliphatic carbocycles. The largest absolute Gasteiger partial charge is 0.493 e. The highest BCUT2D eigenvalue weighted by Gasteiger charge is 2.33. The number of hydrogen-bond donors (Lipinski definition) is 1. The third-order valence-corrected chi connectivity index (χ3v) is 7.23. The Bertz CT molecular complexity index is 1370. The lowest BCUT2D eigenvalue weighted by molar-refractivity contribution is -0.137. The van der Waals surface area contributed by atoms with E-state index in [0.29, 0.717) is 27.4 Å². The number of benzene rings is 3. The fourth-order valence-corrected chi connectivity index (χ4v) is 4.96. The van der Waals surface area contributed by atoms with Gasteiger partial charge in [0.05, 0.1) is 29.4 Å². The van der Waals surface area contributed by atoms with Crippen molar-refractivity contribution in [2.45, 2.75) is 44.5 Å². The number of nitrogens with zero attached hydrogens (tertiary/aromatic N) is 1. The number of nitrogens with one attached hydrogen (secondary N) is 1. The molecule has 0 unspecified atom stereocenters. The Labute approximate surface area is 220 Å². The van der Waals surface area contributed by atoms with Crippen molar-refractivity contribution < 1.29 is 35.9 Å². The van der Waals surface area contributed by atoms with Gasteiger partial charge in [0, 0.05) is 6.54 Å². The van der Waals surface area contributed by atoms with Gasteiger partial charge < -0.3 is 14.8 Å². The fraction of sp³-hybridized carbons (Fsp3) is 0.296. The van der Waals surface area contributed by atoms with E-state index in [1.54, 1.807) is 37.3 Å². The second-order valence-electron chi connectivity index (χ2n) is 8.80. The number of carbonyl (C=O) groups is 1. The maximum atomic E-state index is 13.5. The molecule has 204 valence electrons. The third-order valence-electron chi connectivity index (χ3n) is 5.44. The zero-order valence-corrected chi connectivity index (χ0v) is 22.2. The number of alkyl halides is 3. The molecule has 0 radical (unpaired) electrons. The first-order chi connectivity index (χ1) is 17.8. The van der Waals surface area contributed by atoms with Crippen LogP contribution in [0, 0.1) is 6.92 Å². The van der Waals surface area contributed by atoms with Crippen LogP contribution in [0.4, 0.5) is 18.9 Å². The van der Waals surface area contributed by atoms with Crippen molar-refractivity contribution >= 4 is 21.6 Å². The Morgan fingerprint density at radius 1 is 1.00 bits per heavy atom. The van der Waals surface area contributed by atoms with Crippen molar-refractivity contribution in [2.24, 2.45) is 0 Å². The molecule has 0 heterocycles. The first-order valence-electron chi connectivity index (χ1n) is 11.7. The maximum Gasteiger partial charge on any atom is 0.416 e. The van der Waals surface area contributed by atoms with Gasteiger partial charge in [0.25, 0.3) is 10.0 Å². The minimum Gasteiger partial charge on any atom is -0.493 e. The lowest BCUT2D eigenvalue weighted by atomic mass is 10.2. The highest BCUT2D eigenvalue weighted by Crippen LogP contribution is 2.33. The zero-order chi connectivity index (χ0) is 28.1. The first kappa shape index (κ1) is 28.8. The Hall–Kier alpha value is -3.73. The summed E-state index contributed by atoms with van der Waals surface area (Å²) in [6.07, 6.45) is -4.77. The van der Waals surface area contributed by atoms with Crippen LogP contribution in [-0.4, -0.2) is 34.1 Å². The van der Waals surface area contributed by atoms with Crippen molar-refractivity contribution in [2.75, 3.05) is 18.0 Å². The van der Waals surface area contributed by atoms with Gasteiger partial charge in [-0.1, -0.05) is 29.8 Å². The summed E-state index contributed by atoms with van der Waals surface area (Å²) < 4.78 is 78.7. The molecule has 0 saturated heterocycles. The molecule has 38 heavy (non-hydrogen) atoms. The first-order valence-corrected chi connectivity index (χ1v) is 13.1. The average molecular weight is 551 g/mol. The molecule has 11 heteroatoms. The van der Waals surface area contributed by atoms with Crippen LogP contribution < -0.4 is 19.1 Å². The van der Waals surface area contributed by atoms with Crippen LogP contribution in [-0.2, 0) is 27.5 Å². The number of amides is 1. The summed E-state index contributed by atoms with van der Waals surface area (Å²) >= 11 is 0. The van der Waals surface area contributed by atoms with E-state index >= 15 is 0 Å². The molecule has 3 rings (SSSR count). The van der Waals surface area contributed by atoms with Crippen LogP contribution in [0.5, 0.6) is 11.5 Å². The highest BCUT2D eigenvalue weighted by molar-refractivity contribution is 7.92. The number of anilines is 1. The quantitative estimate of drug-likeness (QED) is 0.369. The molecule has 0 aliphatic rings. The number of sulfonamides is 1. The second-order valence-corrected chi connectivity index (χ2v) is 10.7. The molecular weight excluding hydrogens is 521 g/mol. The monoisotopic (exact) mass is 550 g/mol. The van der Waals surface area contributed by atoms with Gasteiger partial charge in [-0.3, -0.25) is 9.10 Å². The molecule has 0 saturated carbocycles. The predicted octanol–water partition coefficient (Wildman–Crippen LogP) is 5.32. The van der Waals surface area contributed by atoms with E-state index in [4.69, 9.17) is 9.47 Å². The molecule has 7 nitrogen and oxygen atoms in total. The van der Waals surface area contributed by atoms with E-state index in [9.17, 15) is 26.4 Å². The molecule has 3 aromatic rings. The number of hydrogen-bond acceptors (Lipinski definition) is 5. The average Bonchev–Trinajstić information content (AvgIpc) is 2.86. The van der Waals surface area contributed by atoms with Gasteiger partial charge in [0.1, 0.15) is 6.54 Å². The van der Waals surface area contributed by atoms with Gasteiger partial charge >= 0.3 is 6.18 Å². The van der Waals surface area contributed by atoms with Crippen molar-refractivity contribution in [3.63, 3.8) is 0 Å². The lowest BCUT2D eigenvalue weighted by Crippen LogP contribution is -2.40. The second kappa shape index (κ2) is 11.8. The molecule has 0 spiro atoms. The Morgan fingerprint density at radius 2 is 1.68 bits per heavy atom. The minimum atomic E-state index is -4.69. The van der Waals surface area contributed by atoms with Crippen LogP contribution >= 0.6 is 0 Å². The lowest BCUT2D eigenvalue weighted by Gasteiger charge is -2.25. The van der Waals surface area contributed by atoms with Gasteiger partial charge in [0.2, 0.25) is 5.91 Å². The number of halogens is 3. The van der Waals surface area contributed by atoms with E-state index < -0.39 is 34.2 Å². The standard InChI is InChI=1S/C27H29F3N2O5S/c1-18(2)37-24-13-10-20(14-25(24)36-4)16-31-26(33)17-32(22-7-5-6-21(15-22)27(28,29)30)38(34,35)23-11-8-19(3)9-12-23/h5-15,18H,16-17H2,1-4H3,(H,31,33). The molecule has 0 aromatic heterocycles. The topological polar surface area (TPSA) is 84.9 Å². The van der Waals surface area contributed by atoms with Crippen molar-refractivity contribution in [1.29, 1.82) is 0 Å². The number of ether oxygens (including phenoxy) is 2. The summed E-state index contributed by atoms with van der Waals surface area (Å²) in [5.74, 6) is 0.273. The zero-order valence-electron chi connectivity index (χ0n) is 21.4. The number of aryl methyl sites for hydroxylation is 1. The Balaban J connectivity index is 1.87. The smallest absolute Gasteiger partial charge is 0.416 e. The van der Waals surface area contributed by atoms with Crippen molar-refractivity contribution in [3.8, 4) is 11.5 Å². The van der Waals surface area contributed by atoms with Crippen molar-refractivity contribution in [3.05, 3.63) is 83.4 Å². The number of rotatable bonds is 10. The van der Waals surface area contributed by atoms with Gasteiger partial charge in [-0.15, -0.1) is 0 Å². The molecule has 0 atom stereocenters. The highest BCUT2D eigenvalue weighted by atomic mass is 32.2. The number of methoxy groups -OCH3 is 1. The molecule has 3 aromatic carbocycles. The summed E-state index contributed by atoms with van der Waals surface area (Å²) in [5.41, 5.74) is 0.133. The summed E-state index contributed by atoms with van der Waals surface area (Å²) in [7, 11) is -2.89. The normalized spacial score (nSPS) is 11.8. The van der Waals surface area contributed by atoms with E-state index in [-0.39, 0.29) is 23.2 Å². The molecular formula is C27H29F3N2O5S. The third kappa shape index (κ3) is 7.18. The molecule has 0 bridgehead atoms. The predicted molar refractivity (Wildman–Crippen MR) is 138 cm³/mol. The number of carbonyl (C=O) groups excluding carboxylic acids is 1. The van der Waals surface area contributed by atoms with E-state index in [2.05, 4.69) is 5.32 Å². The summed E-state index contributed by atoms with van der Waals surface area (Å²) in [6, 6.07) is 14.8. The fourth-order valence-electron chi connectivity index (χ4n) is 3.55. The van der Waals surface area contributed by atoms with Crippen LogP contribution in [0.15, 0.2) is 71.6 Å². The minimum absolute atomic E-state index is 0.0260. The SMILES string of the molecule is COc1cc(CNC(=O)CN(c2cccc(C(F)(F)F)c2)S(=O)(=O)c2ccc(C)cc2)ccc1OC(C)C. The molecule has 1 amide bonds. The Morgan fingerprint density at radius 3 is 2.29 bits per heavy atom. The molecule has 0 aliphatic heterocycles. The van der Waals surface area contributed by atoms with Gasteiger partial charge in [-0.05, 0) is 68.8 Å². The van der Waals surface area contributed by atoms with Crippen LogP contribution in [0.2, 0.25) is 0 Å². The van der Waals surface area contributed by atoms with Crippen LogP contribution in [0.25, 0.3) is 0 Å². The summed E-state index contributed by atoms with van der Waals surface area (Å²) in [5, 5.41) is 2.62. The van der Waals surface area contributed by atoms with Gasteiger partial charge in [-0.25, -0.2) is 8.42 Å². The van der Waals surface area contributed by atoms with Crippen molar-refractivity contribution in [1.82, 2.24) is 5.32 Å². The molecule has 0 fully saturated rings. The van der Waals surface area contributed by atoms with Crippen LogP contribution in [0.1, 0.15) is 30.5 Å². The van der Waals surface area contributed by atoms with Gasteiger partial charge in [0.15, 0.2) is 11.5 Å². The maximum absolute atomic E-state index is 13.5. The van der Waals surface area contributed by atoms with Crippen LogP contribution in [0.3, 0.4) is 0 Å². The van der Waals surface area contributed by atoms with E-state index in [0.717, 1.165) is 17.7 Å².